The second kappa shape index (κ2) is 5.65. The van der Waals surface area contributed by atoms with Gasteiger partial charge in [-0.3, -0.25) is 9.89 Å². The number of hydrogen-bond acceptors (Lipinski definition) is 2. The van der Waals surface area contributed by atoms with Crippen LogP contribution in [0.25, 0.3) is 10.9 Å². The molecule has 1 saturated carbocycles. The maximum atomic E-state index is 12.3. The third-order valence-corrected chi connectivity index (χ3v) is 4.30. The Bertz CT molecular complexity index is 605. The van der Waals surface area contributed by atoms with Crippen molar-refractivity contribution in [3.63, 3.8) is 0 Å². The highest BCUT2D eigenvalue weighted by molar-refractivity contribution is 5.97. The lowest BCUT2D eigenvalue weighted by Crippen LogP contribution is -2.34. The predicted octanol–water partition coefficient (Wildman–Crippen LogP) is 3.26. The van der Waals surface area contributed by atoms with Crippen LogP contribution in [0.3, 0.4) is 0 Å². The van der Waals surface area contributed by atoms with Gasteiger partial charge in [0.1, 0.15) is 0 Å². The molecular formula is C16H21N3O. The minimum absolute atomic E-state index is 0.0288. The number of nitrogens with zero attached hydrogens (tertiary/aromatic N) is 1. The third kappa shape index (κ3) is 2.84. The summed E-state index contributed by atoms with van der Waals surface area (Å²) in [4.78, 5) is 12.3. The van der Waals surface area contributed by atoms with E-state index in [-0.39, 0.29) is 5.91 Å². The number of fused-ring (bicyclic) bond motifs is 1. The minimum atomic E-state index is 0.0288. The molecule has 106 valence electrons. The number of H-pyrrole nitrogens is 1. The highest BCUT2D eigenvalue weighted by atomic mass is 16.1. The molecule has 20 heavy (non-hydrogen) atoms. The lowest BCUT2D eigenvalue weighted by molar-refractivity contribution is 0.0933. The zero-order valence-electron chi connectivity index (χ0n) is 11.9. The molecule has 0 aliphatic heterocycles. The highest BCUT2D eigenvalue weighted by Gasteiger charge is 2.18. The van der Waals surface area contributed by atoms with E-state index in [0.29, 0.717) is 11.6 Å². The van der Waals surface area contributed by atoms with Crippen molar-refractivity contribution in [2.24, 2.45) is 5.92 Å². The molecule has 0 radical (unpaired) electrons. The Balaban J connectivity index is 1.68. The summed E-state index contributed by atoms with van der Waals surface area (Å²) in [5.41, 5.74) is 1.62. The van der Waals surface area contributed by atoms with E-state index in [2.05, 4.69) is 22.4 Å². The topological polar surface area (TPSA) is 57.8 Å². The number of aromatic nitrogens is 2. The molecule has 1 aromatic heterocycles. The largest absolute Gasteiger partial charge is 0.349 e. The molecule has 2 unspecified atom stereocenters. The van der Waals surface area contributed by atoms with Crippen LogP contribution in [0.5, 0.6) is 0 Å². The van der Waals surface area contributed by atoms with Crippen molar-refractivity contribution in [3.05, 3.63) is 30.0 Å². The number of aromatic amines is 1. The van der Waals surface area contributed by atoms with Crippen LogP contribution in [0, 0.1) is 5.92 Å². The van der Waals surface area contributed by atoms with Crippen molar-refractivity contribution in [1.82, 2.24) is 15.5 Å². The van der Waals surface area contributed by atoms with Gasteiger partial charge in [0.25, 0.3) is 5.91 Å². The maximum Gasteiger partial charge on any atom is 0.251 e. The van der Waals surface area contributed by atoms with Crippen LogP contribution in [0.4, 0.5) is 0 Å². The number of carbonyl (C=O) groups excluding carboxylic acids is 1. The molecule has 1 aliphatic carbocycles. The van der Waals surface area contributed by atoms with Gasteiger partial charge in [0.15, 0.2) is 0 Å². The molecule has 0 bridgehead atoms. The number of amides is 1. The molecule has 0 saturated heterocycles. The first-order chi connectivity index (χ1) is 9.72. The van der Waals surface area contributed by atoms with Crippen molar-refractivity contribution >= 4 is 16.8 Å². The lowest BCUT2D eigenvalue weighted by atomic mass is 10.0. The quantitative estimate of drug-likeness (QED) is 0.824. The van der Waals surface area contributed by atoms with Crippen molar-refractivity contribution in [1.29, 1.82) is 0 Å². The van der Waals surface area contributed by atoms with Gasteiger partial charge in [0.05, 0.1) is 11.7 Å². The van der Waals surface area contributed by atoms with E-state index in [4.69, 9.17) is 0 Å². The second-order valence-electron chi connectivity index (χ2n) is 5.96. The van der Waals surface area contributed by atoms with Crippen molar-refractivity contribution in [3.8, 4) is 0 Å². The molecule has 0 spiro atoms. The third-order valence-electron chi connectivity index (χ3n) is 4.30. The summed E-state index contributed by atoms with van der Waals surface area (Å²) in [6, 6.07) is 6.00. The van der Waals surface area contributed by atoms with Crippen LogP contribution in [0.2, 0.25) is 0 Å². The van der Waals surface area contributed by atoms with Crippen LogP contribution in [0.15, 0.2) is 24.4 Å². The van der Waals surface area contributed by atoms with Gasteiger partial charge in [-0.1, -0.05) is 25.8 Å². The van der Waals surface area contributed by atoms with Crippen LogP contribution in [-0.4, -0.2) is 22.1 Å². The fourth-order valence-corrected chi connectivity index (χ4v) is 2.98. The fourth-order valence-electron chi connectivity index (χ4n) is 2.98. The number of benzene rings is 1. The summed E-state index contributed by atoms with van der Waals surface area (Å²) >= 11 is 0. The van der Waals surface area contributed by atoms with Crippen LogP contribution in [0.1, 0.15) is 49.4 Å². The molecule has 2 N–H and O–H groups in total. The SMILES string of the molecule is CC1CCCC(NC(=O)c2ccc3cn[nH]c3c2)CC1. The van der Waals surface area contributed by atoms with Gasteiger partial charge in [-0.25, -0.2) is 0 Å². The molecule has 4 nitrogen and oxygen atoms in total. The van der Waals surface area contributed by atoms with E-state index < -0.39 is 0 Å². The zero-order chi connectivity index (χ0) is 13.9. The van der Waals surface area contributed by atoms with E-state index in [0.717, 1.165) is 29.7 Å². The van der Waals surface area contributed by atoms with Gasteiger partial charge in [0, 0.05) is 17.0 Å². The number of rotatable bonds is 2. The standard InChI is InChI=1S/C16H21N3O/c1-11-3-2-4-14(8-5-11)18-16(20)12-6-7-13-10-17-19-15(13)9-12/h6-7,9-11,14H,2-5,8H2,1H3,(H,17,19)(H,18,20). The van der Waals surface area contributed by atoms with Crippen molar-refractivity contribution < 1.29 is 4.79 Å². The molecule has 1 aliphatic rings. The molecule has 3 rings (SSSR count). The minimum Gasteiger partial charge on any atom is -0.349 e. The Morgan fingerprint density at radius 3 is 3.10 bits per heavy atom. The van der Waals surface area contributed by atoms with Gasteiger partial charge < -0.3 is 5.32 Å². The Morgan fingerprint density at radius 2 is 2.20 bits per heavy atom. The maximum absolute atomic E-state index is 12.3. The summed E-state index contributed by atoms with van der Waals surface area (Å²) in [5.74, 6) is 0.819. The van der Waals surface area contributed by atoms with E-state index in [1.54, 1.807) is 6.20 Å². The highest BCUT2D eigenvalue weighted by Crippen LogP contribution is 2.23. The van der Waals surface area contributed by atoms with E-state index >= 15 is 0 Å². The van der Waals surface area contributed by atoms with Gasteiger partial charge in [-0.2, -0.15) is 5.10 Å². The summed E-state index contributed by atoms with van der Waals surface area (Å²) in [6.07, 6.45) is 7.67. The van der Waals surface area contributed by atoms with E-state index in [9.17, 15) is 4.79 Å². The molecule has 1 amide bonds. The van der Waals surface area contributed by atoms with Crippen LogP contribution in [-0.2, 0) is 0 Å². The first kappa shape index (κ1) is 13.2. The Morgan fingerprint density at radius 1 is 1.30 bits per heavy atom. The average Bonchev–Trinajstić information content (AvgIpc) is 2.82. The Labute approximate surface area is 119 Å². The number of nitrogens with one attached hydrogen (secondary N) is 2. The molecule has 1 aromatic carbocycles. The molecular weight excluding hydrogens is 250 g/mol. The van der Waals surface area contributed by atoms with E-state index in [1.807, 2.05) is 18.2 Å². The average molecular weight is 271 g/mol. The first-order valence-corrected chi connectivity index (χ1v) is 7.46. The van der Waals surface area contributed by atoms with Gasteiger partial charge in [-0.05, 0) is 37.3 Å². The fraction of sp³-hybridized carbons (Fsp3) is 0.500. The summed E-state index contributed by atoms with van der Waals surface area (Å²) < 4.78 is 0. The monoisotopic (exact) mass is 271 g/mol. The molecule has 1 heterocycles. The molecule has 4 heteroatoms. The summed E-state index contributed by atoms with van der Waals surface area (Å²) in [7, 11) is 0. The Hall–Kier alpha value is -1.84. The predicted molar refractivity (Wildman–Crippen MR) is 79.6 cm³/mol. The van der Waals surface area contributed by atoms with Crippen molar-refractivity contribution in [2.75, 3.05) is 0 Å². The first-order valence-electron chi connectivity index (χ1n) is 7.46. The molecule has 2 aromatic rings. The van der Waals surface area contributed by atoms with Gasteiger partial charge in [-0.15, -0.1) is 0 Å². The van der Waals surface area contributed by atoms with Gasteiger partial charge >= 0.3 is 0 Å². The van der Waals surface area contributed by atoms with E-state index in [1.165, 1.54) is 19.3 Å². The van der Waals surface area contributed by atoms with Crippen LogP contribution >= 0.6 is 0 Å². The normalized spacial score (nSPS) is 23.4. The number of hydrogen-bond donors (Lipinski definition) is 2. The summed E-state index contributed by atoms with van der Waals surface area (Å²) in [6.45, 7) is 2.30. The van der Waals surface area contributed by atoms with Crippen LogP contribution < -0.4 is 5.32 Å². The smallest absolute Gasteiger partial charge is 0.251 e. The number of carbonyl (C=O) groups is 1. The molecule has 1 fully saturated rings. The zero-order valence-corrected chi connectivity index (χ0v) is 11.9. The van der Waals surface area contributed by atoms with Crippen molar-refractivity contribution in [2.45, 2.75) is 45.1 Å². The summed E-state index contributed by atoms with van der Waals surface area (Å²) in [5, 5.41) is 11.1. The lowest BCUT2D eigenvalue weighted by Gasteiger charge is -2.16. The Kier molecular flexibility index (Phi) is 3.72. The molecule has 2 atom stereocenters. The second-order valence-corrected chi connectivity index (χ2v) is 5.96. The van der Waals surface area contributed by atoms with Gasteiger partial charge in [0.2, 0.25) is 0 Å².